The summed E-state index contributed by atoms with van der Waals surface area (Å²) < 4.78 is 15.4. The van der Waals surface area contributed by atoms with Crippen molar-refractivity contribution >= 4 is 57.3 Å². The number of hydrogen-bond donors (Lipinski definition) is 2. The van der Waals surface area contributed by atoms with Crippen LogP contribution in [0, 0.1) is 6.92 Å². The number of nitrogens with one attached hydrogen (secondary N) is 2. The molecule has 2 rings (SSSR count). The zero-order valence-corrected chi connectivity index (χ0v) is 20.7. The molecular weight excluding hydrogens is 464 g/mol. The van der Waals surface area contributed by atoms with Crippen LogP contribution in [-0.4, -0.2) is 42.8 Å². The van der Waals surface area contributed by atoms with Gasteiger partial charge in [-0.1, -0.05) is 13.3 Å². The van der Waals surface area contributed by atoms with Crippen LogP contribution in [0.15, 0.2) is 24.3 Å². The highest BCUT2D eigenvalue weighted by atomic mass is 32.1. The second-order valence-electron chi connectivity index (χ2n) is 6.85. The van der Waals surface area contributed by atoms with Crippen molar-refractivity contribution in [2.45, 2.75) is 40.5 Å². The lowest BCUT2D eigenvalue weighted by molar-refractivity contribution is 0.0494. The Labute approximate surface area is 202 Å². The van der Waals surface area contributed by atoms with E-state index in [9.17, 15) is 14.4 Å². The third-order valence-electron chi connectivity index (χ3n) is 4.42. The summed E-state index contributed by atoms with van der Waals surface area (Å²) >= 11 is 6.45. The highest BCUT2D eigenvalue weighted by molar-refractivity contribution is 7.80. The molecule has 0 saturated heterocycles. The van der Waals surface area contributed by atoms with Crippen LogP contribution in [0.25, 0.3) is 0 Å². The SMILES string of the molecule is CCCCOC(=O)c1ccc(NC(=S)Nc2sc(C(=O)OCC)c(C)c2C(=O)OCC)cc1. The molecule has 1 aromatic carbocycles. The Morgan fingerprint density at radius 1 is 0.909 bits per heavy atom. The van der Waals surface area contributed by atoms with Crippen LogP contribution in [0.1, 0.15) is 69.6 Å². The molecular formula is C23H28N2O6S2. The number of benzene rings is 1. The van der Waals surface area contributed by atoms with Gasteiger partial charge >= 0.3 is 17.9 Å². The third kappa shape index (κ3) is 7.26. The van der Waals surface area contributed by atoms with Crippen LogP contribution in [0.2, 0.25) is 0 Å². The van der Waals surface area contributed by atoms with Gasteiger partial charge in [-0.25, -0.2) is 14.4 Å². The quantitative estimate of drug-likeness (QED) is 0.201. The first-order chi connectivity index (χ1) is 15.8. The van der Waals surface area contributed by atoms with E-state index in [-0.39, 0.29) is 29.9 Å². The van der Waals surface area contributed by atoms with Gasteiger partial charge in [-0.2, -0.15) is 0 Å². The van der Waals surface area contributed by atoms with E-state index in [2.05, 4.69) is 10.6 Å². The van der Waals surface area contributed by atoms with Crippen molar-refractivity contribution in [3.8, 4) is 0 Å². The van der Waals surface area contributed by atoms with Gasteiger partial charge in [-0.05, 0) is 69.2 Å². The summed E-state index contributed by atoms with van der Waals surface area (Å²) in [5.41, 5.74) is 1.77. The molecule has 0 radical (unpaired) electrons. The lowest BCUT2D eigenvalue weighted by Crippen LogP contribution is -2.20. The van der Waals surface area contributed by atoms with Gasteiger partial charge in [-0.15, -0.1) is 11.3 Å². The Kier molecular flexibility index (Phi) is 10.3. The summed E-state index contributed by atoms with van der Waals surface area (Å²) in [6, 6.07) is 6.66. The van der Waals surface area contributed by atoms with Crippen LogP contribution in [0.5, 0.6) is 0 Å². The van der Waals surface area contributed by atoms with Crippen LogP contribution < -0.4 is 10.6 Å². The average molecular weight is 493 g/mol. The predicted octanol–water partition coefficient (Wildman–Crippen LogP) is 5.18. The maximum absolute atomic E-state index is 12.5. The Bertz CT molecular complexity index is 1000. The van der Waals surface area contributed by atoms with Crippen molar-refractivity contribution in [1.82, 2.24) is 0 Å². The summed E-state index contributed by atoms with van der Waals surface area (Å²) in [6.45, 7) is 7.90. The summed E-state index contributed by atoms with van der Waals surface area (Å²) in [4.78, 5) is 37.1. The van der Waals surface area contributed by atoms with Gasteiger partial charge in [0.25, 0.3) is 0 Å². The van der Waals surface area contributed by atoms with Crippen molar-refractivity contribution < 1.29 is 28.6 Å². The van der Waals surface area contributed by atoms with E-state index in [1.54, 1.807) is 45.0 Å². The predicted molar refractivity (Wildman–Crippen MR) is 132 cm³/mol. The first-order valence-corrected chi connectivity index (χ1v) is 11.9. The van der Waals surface area contributed by atoms with E-state index < -0.39 is 11.9 Å². The number of carbonyl (C=O) groups excluding carboxylic acids is 3. The molecule has 1 heterocycles. The van der Waals surface area contributed by atoms with E-state index in [1.165, 1.54) is 0 Å². The number of thiophene rings is 1. The fourth-order valence-corrected chi connectivity index (χ4v) is 4.17. The van der Waals surface area contributed by atoms with Gasteiger partial charge in [0, 0.05) is 5.69 Å². The normalized spacial score (nSPS) is 10.3. The fraction of sp³-hybridized carbons (Fsp3) is 0.391. The molecule has 1 aromatic heterocycles. The molecule has 2 N–H and O–H groups in total. The third-order valence-corrected chi connectivity index (χ3v) is 5.82. The molecule has 33 heavy (non-hydrogen) atoms. The minimum Gasteiger partial charge on any atom is -0.462 e. The highest BCUT2D eigenvalue weighted by Crippen LogP contribution is 2.34. The van der Waals surface area contributed by atoms with Gasteiger partial charge in [0.05, 0.1) is 30.9 Å². The molecule has 8 nitrogen and oxygen atoms in total. The van der Waals surface area contributed by atoms with E-state index in [0.29, 0.717) is 33.3 Å². The summed E-state index contributed by atoms with van der Waals surface area (Å²) in [5, 5.41) is 6.55. The van der Waals surface area contributed by atoms with Gasteiger partial charge in [0.1, 0.15) is 9.88 Å². The first-order valence-electron chi connectivity index (χ1n) is 10.6. The minimum absolute atomic E-state index is 0.193. The zero-order chi connectivity index (χ0) is 24.4. The van der Waals surface area contributed by atoms with Gasteiger partial charge in [0.15, 0.2) is 5.11 Å². The molecule has 2 aromatic rings. The van der Waals surface area contributed by atoms with Crippen molar-refractivity contribution in [1.29, 1.82) is 0 Å². The standard InChI is InChI=1S/C23H28N2O6S2/c1-5-8-13-31-20(26)15-9-11-16(12-10-15)24-23(32)25-19-17(21(27)29-6-2)14(4)18(33-19)22(28)30-7-3/h9-12H,5-8,13H2,1-4H3,(H2,24,25,32). The molecule has 0 unspecified atom stereocenters. The average Bonchev–Trinajstić information content (AvgIpc) is 3.10. The second-order valence-corrected chi connectivity index (χ2v) is 8.28. The highest BCUT2D eigenvalue weighted by Gasteiger charge is 2.26. The minimum atomic E-state index is -0.557. The van der Waals surface area contributed by atoms with Crippen molar-refractivity contribution in [2.75, 3.05) is 30.5 Å². The Hall–Kier alpha value is -2.98. The molecule has 0 aliphatic rings. The van der Waals surface area contributed by atoms with E-state index in [4.69, 9.17) is 26.4 Å². The first kappa shape index (κ1) is 26.3. The van der Waals surface area contributed by atoms with Crippen molar-refractivity contribution in [3.63, 3.8) is 0 Å². The van der Waals surface area contributed by atoms with Crippen LogP contribution >= 0.6 is 23.6 Å². The second kappa shape index (κ2) is 12.9. The summed E-state index contributed by atoms with van der Waals surface area (Å²) in [7, 11) is 0. The number of ether oxygens (including phenoxy) is 3. The number of hydrogen-bond acceptors (Lipinski definition) is 8. The maximum atomic E-state index is 12.5. The number of carbonyl (C=O) groups is 3. The van der Waals surface area contributed by atoms with Gasteiger partial charge < -0.3 is 24.8 Å². The van der Waals surface area contributed by atoms with Crippen molar-refractivity contribution in [2.24, 2.45) is 0 Å². The Morgan fingerprint density at radius 3 is 2.15 bits per heavy atom. The monoisotopic (exact) mass is 492 g/mol. The Balaban J connectivity index is 2.14. The number of thiocarbonyl (C=S) groups is 1. The van der Waals surface area contributed by atoms with Crippen LogP contribution in [-0.2, 0) is 14.2 Å². The van der Waals surface area contributed by atoms with Crippen LogP contribution in [0.4, 0.5) is 10.7 Å². The molecule has 0 aliphatic heterocycles. The van der Waals surface area contributed by atoms with E-state index in [0.717, 1.165) is 24.2 Å². The lowest BCUT2D eigenvalue weighted by atomic mass is 10.1. The largest absolute Gasteiger partial charge is 0.462 e. The van der Waals surface area contributed by atoms with Gasteiger partial charge in [0.2, 0.25) is 0 Å². The Morgan fingerprint density at radius 2 is 1.55 bits per heavy atom. The number of esters is 3. The summed E-state index contributed by atoms with van der Waals surface area (Å²) in [6.07, 6.45) is 1.77. The van der Waals surface area contributed by atoms with Crippen LogP contribution in [0.3, 0.4) is 0 Å². The summed E-state index contributed by atoms with van der Waals surface area (Å²) in [5.74, 6) is -1.45. The fourth-order valence-electron chi connectivity index (χ4n) is 2.79. The zero-order valence-electron chi connectivity index (χ0n) is 19.1. The van der Waals surface area contributed by atoms with E-state index in [1.807, 2.05) is 6.92 Å². The molecule has 0 saturated carbocycles. The van der Waals surface area contributed by atoms with Crippen molar-refractivity contribution in [3.05, 3.63) is 45.8 Å². The topological polar surface area (TPSA) is 103 Å². The maximum Gasteiger partial charge on any atom is 0.348 e. The molecule has 0 aliphatic carbocycles. The molecule has 178 valence electrons. The number of anilines is 2. The smallest absolute Gasteiger partial charge is 0.348 e. The molecule has 0 fully saturated rings. The number of rotatable bonds is 10. The molecule has 10 heteroatoms. The number of unbranched alkanes of at least 4 members (excludes halogenated alkanes) is 1. The lowest BCUT2D eigenvalue weighted by Gasteiger charge is -2.11. The molecule has 0 bridgehead atoms. The van der Waals surface area contributed by atoms with E-state index >= 15 is 0 Å². The molecule has 0 amide bonds. The van der Waals surface area contributed by atoms with Gasteiger partial charge in [-0.3, -0.25) is 0 Å². The molecule has 0 atom stereocenters. The molecule has 0 spiro atoms.